The Hall–Kier alpha value is -1.12. The predicted molar refractivity (Wildman–Crippen MR) is 78.5 cm³/mol. The standard InChI is InChI=1S/C16H25N3/c1-4-17-15-9-14(10(2)3)18-16(19-15)13-8-11-5-6-12(13)7-11/h9-13H,4-8H2,1-3H3,(H,17,18,19). The lowest BCUT2D eigenvalue weighted by atomic mass is 9.88. The van der Waals surface area contributed by atoms with Gasteiger partial charge in [0.25, 0.3) is 0 Å². The number of fused-ring (bicyclic) bond motifs is 2. The Labute approximate surface area is 116 Å². The molecule has 0 radical (unpaired) electrons. The molecule has 2 aliphatic rings. The minimum atomic E-state index is 0.470. The van der Waals surface area contributed by atoms with E-state index in [1.165, 1.54) is 31.4 Å². The van der Waals surface area contributed by atoms with E-state index in [2.05, 4.69) is 32.2 Å². The van der Waals surface area contributed by atoms with E-state index in [4.69, 9.17) is 9.97 Å². The van der Waals surface area contributed by atoms with Gasteiger partial charge in [-0.15, -0.1) is 0 Å². The minimum absolute atomic E-state index is 0.470. The van der Waals surface area contributed by atoms with Crippen LogP contribution in [0.1, 0.15) is 69.8 Å². The summed E-state index contributed by atoms with van der Waals surface area (Å²) in [6, 6.07) is 2.12. The van der Waals surface area contributed by atoms with Crippen molar-refractivity contribution in [1.29, 1.82) is 0 Å². The fraction of sp³-hybridized carbons (Fsp3) is 0.750. The highest BCUT2D eigenvalue weighted by Gasteiger charge is 2.41. The molecular formula is C16H25N3. The fourth-order valence-electron chi connectivity index (χ4n) is 3.78. The van der Waals surface area contributed by atoms with Gasteiger partial charge in [-0.2, -0.15) is 0 Å². The Bertz CT molecular complexity index is 455. The van der Waals surface area contributed by atoms with E-state index in [1.807, 2.05) is 0 Å². The van der Waals surface area contributed by atoms with E-state index in [0.29, 0.717) is 11.8 Å². The summed E-state index contributed by atoms with van der Waals surface area (Å²) >= 11 is 0. The van der Waals surface area contributed by atoms with Crippen molar-refractivity contribution in [2.24, 2.45) is 11.8 Å². The first-order valence-corrected chi connectivity index (χ1v) is 7.80. The smallest absolute Gasteiger partial charge is 0.134 e. The number of hydrogen-bond acceptors (Lipinski definition) is 3. The molecule has 0 amide bonds. The molecule has 1 aromatic heterocycles. The second-order valence-electron chi connectivity index (χ2n) is 6.50. The lowest BCUT2D eigenvalue weighted by molar-refractivity contribution is 0.404. The summed E-state index contributed by atoms with van der Waals surface area (Å²) in [6.07, 6.45) is 5.56. The molecule has 0 aliphatic heterocycles. The van der Waals surface area contributed by atoms with Crippen LogP contribution in [0.25, 0.3) is 0 Å². The van der Waals surface area contributed by atoms with Crippen LogP contribution in [0, 0.1) is 11.8 Å². The van der Waals surface area contributed by atoms with Crippen LogP contribution < -0.4 is 5.32 Å². The third kappa shape index (κ3) is 2.47. The zero-order valence-corrected chi connectivity index (χ0v) is 12.3. The Balaban J connectivity index is 1.91. The van der Waals surface area contributed by atoms with Gasteiger partial charge < -0.3 is 5.32 Å². The topological polar surface area (TPSA) is 37.8 Å². The first-order valence-electron chi connectivity index (χ1n) is 7.80. The van der Waals surface area contributed by atoms with Gasteiger partial charge in [-0.1, -0.05) is 20.3 Å². The van der Waals surface area contributed by atoms with E-state index < -0.39 is 0 Å². The van der Waals surface area contributed by atoms with Gasteiger partial charge in [0, 0.05) is 24.2 Å². The van der Waals surface area contributed by atoms with Gasteiger partial charge in [-0.3, -0.25) is 0 Å². The van der Waals surface area contributed by atoms with Gasteiger partial charge in [0.2, 0.25) is 0 Å². The molecule has 3 unspecified atom stereocenters. The molecular weight excluding hydrogens is 234 g/mol. The van der Waals surface area contributed by atoms with E-state index in [-0.39, 0.29) is 0 Å². The molecule has 104 valence electrons. The molecule has 2 bridgehead atoms. The number of nitrogens with zero attached hydrogens (tertiary/aromatic N) is 2. The highest BCUT2D eigenvalue weighted by atomic mass is 15.0. The number of hydrogen-bond donors (Lipinski definition) is 1. The number of nitrogens with one attached hydrogen (secondary N) is 1. The molecule has 1 aromatic rings. The number of aromatic nitrogens is 2. The van der Waals surface area contributed by atoms with Crippen LogP contribution in [0.5, 0.6) is 0 Å². The van der Waals surface area contributed by atoms with Gasteiger partial charge in [0.1, 0.15) is 11.6 Å². The van der Waals surface area contributed by atoms with Gasteiger partial charge >= 0.3 is 0 Å². The van der Waals surface area contributed by atoms with Crippen LogP contribution >= 0.6 is 0 Å². The first-order chi connectivity index (χ1) is 9.17. The van der Waals surface area contributed by atoms with E-state index >= 15 is 0 Å². The summed E-state index contributed by atoms with van der Waals surface area (Å²) in [5.41, 5.74) is 1.18. The van der Waals surface area contributed by atoms with Crippen molar-refractivity contribution >= 4 is 5.82 Å². The van der Waals surface area contributed by atoms with E-state index in [1.54, 1.807) is 0 Å². The Morgan fingerprint density at radius 2 is 2.11 bits per heavy atom. The summed E-state index contributed by atoms with van der Waals surface area (Å²) in [5.74, 6) is 5.01. The molecule has 3 nitrogen and oxygen atoms in total. The molecule has 1 heterocycles. The van der Waals surface area contributed by atoms with Crippen molar-refractivity contribution in [3.05, 3.63) is 17.6 Å². The number of rotatable bonds is 4. The lowest BCUT2D eigenvalue weighted by Gasteiger charge is -2.22. The summed E-state index contributed by atoms with van der Waals surface area (Å²) in [5, 5.41) is 3.36. The fourth-order valence-corrected chi connectivity index (χ4v) is 3.78. The van der Waals surface area contributed by atoms with Gasteiger partial charge in [0.05, 0.1) is 0 Å². The maximum absolute atomic E-state index is 4.86. The molecule has 0 spiro atoms. The highest BCUT2D eigenvalue weighted by Crippen LogP contribution is 2.52. The third-order valence-electron chi connectivity index (χ3n) is 4.78. The molecule has 3 rings (SSSR count). The molecule has 2 saturated carbocycles. The molecule has 0 aromatic carbocycles. The Morgan fingerprint density at radius 3 is 2.68 bits per heavy atom. The van der Waals surface area contributed by atoms with Gasteiger partial charge in [0.15, 0.2) is 0 Å². The first kappa shape index (κ1) is 12.9. The van der Waals surface area contributed by atoms with Crippen LogP contribution in [0.3, 0.4) is 0 Å². The summed E-state index contributed by atoms with van der Waals surface area (Å²) < 4.78 is 0. The van der Waals surface area contributed by atoms with Crippen molar-refractivity contribution in [1.82, 2.24) is 9.97 Å². The molecule has 2 aliphatic carbocycles. The zero-order valence-electron chi connectivity index (χ0n) is 12.3. The summed E-state index contributed by atoms with van der Waals surface area (Å²) in [4.78, 5) is 9.65. The maximum Gasteiger partial charge on any atom is 0.134 e. The molecule has 19 heavy (non-hydrogen) atoms. The van der Waals surface area contributed by atoms with Crippen molar-refractivity contribution in [3.8, 4) is 0 Å². The van der Waals surface area contributed by atoms with Crippen LogP contribution in [0.2, 0.25) is 0 Å². The Morgan fingerprint density at radius 1 is 1.26 bits per heavy atom. The quantitative estimate of drug-likeness (QED) is 0.890. The SMILES string of the molecule is CCNc1cc(C(C)C)nc(C2CC3CCC2C3)n1. The monoisotopic (exact) mass is 259 g/mol. The molecule has 3 atom stereocenters. The molecule has 2 fully saturated rings. The third-order valence-corrected chi connectivity index (χ3v) is 4.78. The zero-order chi connectivity index (χ0) is 13.4. The second kappa shape index (κ2) is 5.10. The van der Waals surface area contributed by atoms with Crippen molar-refractivity contribution in [2.75, 3.05) is 11.9 Å². The largest absolute Gasteiger partial charge is 0.370 e. The average Bonchev–Trinajstić information content (AvgIpc) is 3.01. The van der Waals surface area contributed by atoms with Gasteiger partial charge in [-0.25, -0.2) is 9.97 Å². The minimum Gasteiger partial charge on any atom is -0.370 e. The highest BCUT2D eigenvalue weighted by molar-refractivity contribution is 5.37. The van der Waals surface area contributed by atoms with Crippen molar-refractivity contribution in [2.45, 2.75) is 58.3 Å². The number of anilines is 1. The van der Waals surface area contributed by atoms with Gasteiger partial charge in [-0.05, 0) is 43.9 Å². The molecule has 0 saturated heterocycles. The summed E-state index contributed by atoms with van der Waals surface area (Å²) in [6.45, 7) is 7.46. The molecule has 3 heteroatoms. The second-order valence-corrected chi connectivity index (χ2v) is 6.50. The van der Waals surface area contributed by atoms with Crippen molar-refractivity contribution < 1.29 is 0 Å². The van der Waals surface area contributed by atoms with Crippen LogP contribution in [0.15, 0.2) is 6.07 Å². The normalized spacial score (nSPS) is 29.2. The Kier molecular flexibility index (Phi) is 3.46. The lowest BCUT2D eigenvalue weighted by Crippen LogP contribution is -2.15. The van der Waals surface area contributed by atoms with Crippen LogP contribution in [0.4, 0.5) is 5.82 Å². The van der Waals surface area contributed by atoms with E-state index in [0.717, 1.165) is 30.0 Å². The van der Waals surface area contributed by atoms with Crippen LogP contribution in [-0.2, 0) is 0 Å². The average molecular weight is 259 g/mol. The summed E-state index contributed by atoms with van der Waals surface area (Å²) in [7, 11) is 0. The van der Waals surface area contributed by atoms with Crippen LogP contribution in [-0.4, -0.2) is 16.5 Å². The predicted octanol–water partition coefficient (Wildman–Crippen LogP) is 3.94. The van der Waals surface area contributed by atoms with Crippen molar-refractivity contribution in [3.63, 3.8) is 0 Å². The van der Waals surface area contributed by atoms with E-state index in [9.17, 15) is 0 Å². The maximum atomic E-state index is 4.86. The molecule has 1 N–H and O–H groups in total.